The van der Waals surface area contributed by atoms with Gasteiger partial charge in [-0.05, 0) is 39.2 Å². The molecule has 1 saturated carbocycles. The molecule has 0 spiro atoms. The molecule has 0 amide bonds. The lowest BCUT2D eigenvalue weighted by Crippen LogP contribution is -2.46. The van der Waals surface area contributed by atoms with E-state index in [4.69, 9.17) is 10.5 Å². The summed E-state index contributed by atoms with van der Waals surface area (Å²) in [6, 6.07) is 0. The summed E-state index contributed by atoms with van der Waals surface area (Å²) < 4.78 is 5.11. The highest BCUT2D eigenvalue weighted by atomic mass is 16.5. The number of nitrogens with two attached hydrogens (primary N) is 1. The molecular formula is C12H23NO3. The van der Waals surface area contributed by atoms with E-state index in [1.54, 1.807) is 6.92 Å². The predicted octanol–water partition coefficient (Wildman–Crippen LogP) is 1.21. The molecule has 94 valence electrons. The monoisotopic (exact) mass is 229 g/mol. The predicted molar refractivity (Wildman–Crippen MR) is 61.8 cm³/mol. The van der Waals surface area contributed by atoms with Gasteiger partial charge in [-0.2, -0.15) is 0 Å². The van der Waals surface area contributed by atoms with Crippen molar-refractivity contribution < 1.29 is 14.6 Å². The van der Waals surface area contributed by atoms with Crippen molar-refractivity contribution in [2.45, 2.75) is 51.6 Å². The Labute approximate surface area is 97.2 Å². The van der Waals surface area contributed by atoms with Crippen molar-refractivity contribution in [3.8, 4) is 0 Å². The van der Waals surface area contributed by atoms with Gasteiger partial charge in [-0.25, -0.2) is 0 Å². The first-order valence-electron chi connectivity index (χ1n) is 6.22. The van der Waals surface area contributed by atoms with Crippen LogP contribution in [0.15, 0.2) is 0 Å². The molecule has 4 heteroatoms. The number of aliphatic hydroxyl groups excluding tert-OH is 1. The molecule has 0 aromatic rings. The zero-order valence-corrected chi connectivity index (χ0v) is 10.1. The molecule has 0 aromatic heterocycles. The van der Waals surface area contributed by atoms with Gasteiger partial charge in [0.25, 0.3) is 0 Å². The van der Waals surface area contributed by atoms with Crippen LogP contribution in [0.25, 0.3) is 0 Å². The molecule has 0 aromatic carbocycles. The van der Waals surface area contributed by atoms with Gasteiger partial charge in [0.1, 0.15) is 0 Å². The second kappa shape index (κ2) is 6.21. The van der Waals surface area contributed by atoms with Crippen LogP contribution in [0.1, 0.15) is 45.4 Å². The molecule has 4 nitrogen and oxygen atoms in total. The van der Waals surface area contributed by atoms with Crippen molar-refractivity contribution in [2.75, 3.05) is 13.2 Å². The van der Waals surface area contributed by atoms with Crippen LogP contribution in [-0.2, 0) is 9.53 Å². The molecule has 1 aliphatic carbocycles. The quantitative estimate of drug-likeness (QED) is 0.695. The Morgan fingerprint density at radius 1 is 1.56 bits per heavy atom. The number of carbonyl (C=O) groups is 1. The number of rotatable bonds is 5. The van der Waals surface area contributed by atoms with Crippen LogP contribution in [0.4, 0.5) is 0 Å². The molecule has 16 heavy (non-hydrogen) atoms. The molecule has 1 rings (SSSR count). The largest absolute Gasteiger partial charge is 0.465 e. The standard InChI is InChI=1S/C12H23NO3/c1-2-16-11(15)12(8-5-9-13)7-4-3-6-10(12)14/h10,14H,2-9,13H2,1H3. The van der Waals surface area contributed by atoms with E-state index in [0.29, 0.717) is 26.0 Å². The van der Waals surface area contributed by atoms with Gasteiger partial charge in [0.05, 0.1) is 18.1 Å². The van der Waals surface area contributed by atoms with Gasteiger partial charge in [0.15, 0.2) is 0 Å². The minimum atomic E-state index is -0.687. The summed E-state index contributed by atoms with van der Waals surface area (Å²) in [5.74, 6) is -0.240. The molecule has 2 unspecified atom stereocenters. The van der Waals surface area contributed by atoms with Gasteiger partial charge in [0, 0.05) is 0 Å². The highest BCUT2D eigenvalue weighted by Gasteiger charge is 2.46. The van der Waals surface area contributed by atoms with E-state index in [-0.39, 0.29) is 5.97 Å². The van der Waals surface area contributed by atoms with Crippen LogP contribution in [0.5, 0.6) is 0 Å². The molecule has 1 aliphatic rings. The number of ether oxygens (including phenoxy) is 1. The fourth-order valence-electron chi connectivity index (χ4n) is 2.55. The van der Waals surface area contributed by atoms with Crippen LogP contribution in [0, 0.1) is 5.41 Å². The molecular weight excluding hydrogens is 206 g/mol. The number of hydrogen-bond acceptors (Lipinski definition) is 4. The van der Waals surface area contributed by atoms with E-state index >= 15 is 0 Å². The Balaban J connectivity index is 2.76. The Bertz CT molecular complexity index is 232. The fraction of sp³-hybridized carbons (Fsp3) is 0.917. The van der Waals surface area contributed by atoms with Crippen LogP contribution in [0.2, 0.25) is 0 Å². The topological polar surface area (TPSA) is 72.5 Å². The summed E-state index contributed by atoms with van der Waals surface area (Å²) in [5.41, 5.74) is 4.80. The van der Waals surface area contributed by atoms with Crippen molar-refractivity contribution in [3.63, 3.8) is 0 Å². The first-order valence-corrected chi connectivity index (χ1v) is 6.22. The lowest BCUT2D eigenvalue weighted by molar-refractivity contribution is -0.167. The van der Waals surface area contributed by atoms with Crippen molar-refractivity contribution in [1.82, 2.24) is 0 Å². The summed E-state index contributed by atoms with van der Waals surface area (Å²) in [5, 5.41) is 10.1. The Hall–Kier alpha value is -0.610. The van der Waals surface area contributed by atoms with E-state index in [1.165, 1.54) is 0 Å². The highest BCUT2D eigenvalue weighted by Crippen LogP contribution is 2.41. The summed E-state index contributed by atoms with van der Waals surface area (Å²) >= 11 is 0. The van der Waals surface area contributed by atoms with Crippen LogP contribution < -0.4 is 5.73 Å². The molecule has 1 fully saturated rings. The summed E-state index contributed by atoms with van der Waals surface area (Å²) in [4.78, 5) is 12.0. The zero-order valence-electron chi connectivity index (χ0n) is 10.1. The fourth-order valence-corrected chi connectivity index (χ4v) is 2.55. The SMILES string of the molecule is CCOC(=O)C1(CCCN)CCCCC1O. The normalized spacial score (nSPS) is 30.1. The van der Waals surface area contributed by atoms with Gasteiger partial charge in [-0.3, -0.25) is 4.79 Å². The number of aliphatic hydroxyl groups is 1. The Kier molecular flexibility index (Phi) is 5.22. The second-order valence-electron chi connectivity index (χ2n) is 4.53. The third kappa shape index (κ3) is 2.74. The number of carbonyl (C=O) groups excluding carboxylic acids is 1. The molecule has 2 atom stereocenters. The van der Waals surface area contributed by atoms with Gasteiger partial charge in [0.2, 0.25) is 0 Å². The van der Waals surface area contributed by atoms with Crippen molar-refractivity contribution in [3.05, 3.63) is 0 Å². The zero-order chi connectivity index (χ0) is 12.0. The van der Waals surface area contributed by atoms with Crippen molar-refractivity contribution >= 4 is 5.97 Å². The summed E-state index contributed by atoms with van der Waals surface area (Å²) in [6.45, 7) is 2.72. The lowest BCUT2D eigenvalue weighted by Gasteiger charge is -2.39. The Morgan fingerprint density at radius 3 is 2.88 bits per heavy atom. The van der Waals surface area contributed by atoms with Crippen LogP contribution in [-0.4, -0.2) is 30.3 Å². The highest BCUT2D eigenvalue weighted by molar-refractivity contribution is 5.77. The van der Waals surface area contributed by atoms with E-state index in [9.17, 15) is 9.90 Å². The smallest absolute Gasteiger partial charge is 0.314 e. The van der Waals surface area contributed by atoms with E-state index in [1.807, 2.05) is 0 Å². The molecule has 3 N–H and O–H groups in total. The summed E-state index contributed by atoms with van der Waals surface area (Å²) in [6.07, 6.45) is 4.24. The van der Waals surface area contributed by atoms with Gasteiger partial charge < -0.3 is 15.6 Å². The Morgan fingerprint density at radius 2 is 2.31 bits per heavy atom. The van der Waals surface area contributed by atoms with Crippen molar-refractivity contribution in [2.24, 2.45) is 11.1 Å². The first kappa shape index (κ1) is 13.5. The summed E-state index contributed by atoms with van der Waals surface area (Å²) in [7, 11) is 0. The molecule has 0 radical (unpaired) electrons. The molecule has 0 heterocycles. The third-order valence-corrected chi connectivity index (χ3v) is 3.50. The average Bonchev–Trinajstić information content (AvgIpc) is 2.28. The maximum absolute atomic E-state index is 12.0. The van der Waals surface area contributed by atoms with Crippen LogP contribution >= 0.6 is 0 Å². The first-order chi connectivity index (χ1) is 7.67. The third-order valence-electron chi connectivity index (χ3n) is 3.50. The maximum atomic E-state index is 12.0. The van der Waals surface area contributed by atoms with Gasteiger partial charge in [-0.15, -0.1) is 0 Å². The number of esters is 1. The van der Waals surface area contributed by atoms with E-state index < -0.39 is 11.5 Å². The molecule has 0 aliphatic heterocycles. The second-order valence-corrected chi connectivity index (χ2v) is 4.53. The van der Waals surface area contributed by atoms with Crippen molar-refractivity contribution in [1.29, 1.82) is 0 Å². The average molecular weight is 229 g/mol. The maximum Gasteiger partial charge on any atom is 0.314 e. The van der Waals surface area contributed by atoms with E-state index in [2.05, 4.69) is 0 Å². The molecule has 0 saturated heterocycles. The van der Waals surface area contributed by atoms with E-state index in [0.717, 1.165) is 25.7 Å². The number of hydrogen-bond donors (Lipinski definition) is 2. The molecule has 0 bridgehead atoms. The van der Waals surface area contributed by atoms with Crippen LogP contribution in [0.3, 0.4) is 0 Å². The van der Waals surface area contributed by atoms with Gasteiger partial charge in [-0.1, -0.05) is 12.8 Å². The minimum Gasteiger partial charge on any atom is -0.465 e. The lowest BCUT2D eigenvalue weighted by atomic mass is 9.69. The minimum absolute atomic E-state index is 0.240. The van der Waals surface area contributed by atoms with Gasteiger partial charge >= 0.3 is 5.97 Å².